The fraction of sp³-hybridized carbons (Fsp3) is 0.318. The van der Waals surface area contributed by atoms with Crippen molar-refractivity contribution in [3.05, 3.63) is 142 Å². The van der Waals surface area contributed by atoms with E-state index < -0.39 is 6.04 Å². The highest BCUT2D eigenvalue weighted by molar-refractivity contribution is 6.06. The fourth-order valence-electron chi connectivity index (χ4n) is 6.85. The zero-order valence-electron chi connectivity index (χ0n) is 31.3. The topological polar surface area (TPSA) is 117 Å². The van der Waals surface area contributed by atoms with E-state index in [1.54, 1.807) is 46.0 Å². The van der Waals surface area contributed by atoms with Crippen molar-refractivity contribution in [2.24, 2.45) is 0 Å². The normalized spacial score (nSPS) is 13.6. The molecule has 0 saturated carbocycles. The summed E-state index contributed by atoms with van der Waals surface area (Å²) in [4.78, 5) is 45.9. The lowest BCUT2D eigenvalue weighted by Gasteiger charge is -2.36. The number of fused-ring (bicyclic) bond motifs is 1. The van der Waals surface area contributed by atoms with Crippen molar-refractivity contribution < 1.29 is 24.2 Å². The summed E-state index contributed by atoms with van der Waals surface area (Å²) in [6, 6.07) is 31.1. The van der Waals surface area contributed by atoms with E-state index in [-0.39, 0.29) is 36.5 Å². The van der Waals surface area contributed by atoms with Gasteiger partial charge >= 0.3 is 0 Å². The number of nitrogens with one attached hydrogen (secondary N) is 1. The van der Waals surface area contributed by atoms with Crippen molar-refractivity contribution in [2.45, 2.75) is 72.1 Å². The van der Waals surface area contributed by atoms with Gasteiger partial charge in [-0.05, 0) is 79.8 Å². The van der Waals surface area contributed by atoms with E-state index in [1.165, 1.54) is 0 Å². The molecule has 0 saturated heterocycles. The van der Waals surface area contributed by atoms with Gasteiger partial charge in [0, 0.05) is 42.1 Å². The molecule has 0 radical (unpaired) electrons. The molecule has 6 rings (SSSR count). The van der Waals surface area contributed by atoms with Crippen LogP contribution in [-0.2, 0) is 19.6 Å². The van der Waals surface area contributed by atoms with Crippen molar-refractivity contribution in [1.29, 1.82) is 0 Å². The second kappa shape index (κ2) is 17.9. The first kappa shape index (κ1) is 38.0. The number of ether oxygens (including phenoxy) is 1. The third kappa shape index (κ3) is 8.72. The minimum atomic E-state index is -0.448. The number of para-hydroxylation sites is 1. The van der Waals surface area contributed by atoms with E-state index in [2.05, 4.69) is 19.2 Å². The van der Waals surface area contributed by atoms with Crippen LogP contribution in [0.1, 0.15) is 93.1 Å². The quantitative estimate of drug-likeness (QED) is 0.115. The van der Waals surface area contributed by atoms with Crippen LogP contribution < -0.4 is 10.1 Å². The maximum Gasteiger partial charge on any atom is 0.274 e. The molecule has 4 aromatic carbocycles. The Morgan fingerprint density at radius 1 is 0.852 bits per heavy atom. The molecule has 1 aromatic heterocycles. The van der Waals surface area contributed by atoms with E-state index in [4.69, 9.17) is 9.84 Å². The highest BCUT2D eigenvalue weighted by Crippen LogP contribution is 2.29. The highest BCUT2D eigenvalue weighted by atomic mass is 16.5. The molecule has 280 valence electrons. The second-order valence-electron chi connectivity index (χ2n) is 13.8. The second-order valence-corrected chi connectivity index (χ2v) is 13.8. The first-order chi connectivity index (χ1) is 26.3. The number of hydrogen-bond acceptors (Lipinski definition) is 6. The monoisotopic (exact) mass is 727 g/mol. The van der Waals surface area contributed by atoms with Gasteiger partial charge in [0.1, 0.15) is 12.4 Å². The van der Waals surface area contributed by atoms with Gasteiger partial charge in [-0.2, -0.15) is 5.10 Å². The molecule has 10 heteroatoms. The number of unbranched alkanes of at least 4 members (excludes halogenated alkanes) is 2. The molecule has 1 aliphatic rings. The van der Waals surface area contributed by atoms with Crippen LogP contribution in [0.4, 0.5) is 5.69 Å². The Balaban J connectivity index is 1.35. The van der Waals surface area contributed by atoms with Gasteiger partial charge in [0.25, 0.3) is 17.7 Å². The van der Waals surface area contributed by atoms with Gasteiger partial charge < -0.3 is 25.0 Å². The maximum atomic E-state index is 14.7. The van der Waals surface area contributed by atoms with Crippen LogP contribution in [0.3, 0.4) is 0 Å². The number of aryl methyl sites for hydroxylation is 1. The number of carbonyl (C=O) groups excluding carboxylic acids is 3. The first-order valence-corrected chi connectivity index (χ1v) is 18.9. The molecule has 2 N–H and O–H groups in total. The molecule has 1 atom stereocenters. The van der Waals surface area contributed by atoms with Crippen LogP contribution in [-0.4, -0.2) is 68.1 Å². The maximum absolute atomic E-state index is 14.7. The molecule has 54 heavy (non-hydrogen) atoms. The number of aromatic nitrogens is 2. The standard InChI is InChI=1S/C44H49N5O5/c1-4-6-23-47(24-7-5-2)44(53)40-25-31(3)49(46-40)41-22-21-35(27-39(41)43(52)48-28-33-16-12-11-15-32(33)26-36(48)29-50)45-42(51)38-20-14-13-17-34(38)30-54-37-18-9-8-10-19-37/h8-22,25,27,36,50H,4-7,23-24,26,28-30H2,1-3H3,(H,45,51)/t36-/m0/s1. The zero-order chi connectivity index (χ0) is 38.0. The average molecular weight is 728 g/mol. The van der Waals surface area contributed by atoms with E-state index in [0.717, 1.165) is 36.8 Å². The number of aliphatic hydroxyl groups is 1. The van der Waals surface area contributed by atoms with Gasteiger partial charge in [-0.3, -0.25) is 14.4 Å². The number of anilines is 1. The summed E-state index contributed by atoms with van der Waals surface area (Å²) >= 11 is 0. The van der Waals surface area contributed by atoms with Crippen LogP contribution in [0, 0.1) is 6.92 Å². The molecule has 5 aromatic rings. The van der Waals surface area contributed by atoms with Crippen LogP contribution in [0.2, 0.25) is 0 Å². The largest absolute Gasteiger partial charge is 0.489 e. The van der Waals surface area contributed by atoms with Crippen molar-refractivity contribution >= 4 is 23.4 Å². The molecular formula is C44H49N5O5. The summed E-state index contributed by atoms with van der Waals surface area (Å²) < 4.78 is 7.59. The smallest absolute Gasteiger partial charge is 0.274 e. The summed E-state index contributed by atoms with van der Waals surface area (Å²) in [6.45, 7) is 7.68. The predicted octanol–water partition coefficient (Wildman–Crippen LogP) is 7.61. The molecule has 0 aliphatic carbocycles. The highest BCUT2D eigenvalue weighted by Gasteiger charge is 2.32. The van der Waals surface area contributed by atoms with E-state index in [0.29, 0.717) is 65.7 Å². The van der Waals surface area contributed by atoms with Crippen LogP contribution in [0.15, 0.2) is 103 Å². The minimum absolute atomic E-state index is 0.140. The Morgan fingerprint density at radius 2 is 1.54 bits per heavy atom. The number of hydrogen-bond donors (Lipinski definition) is 2. The Morgan fingerprint density at radius 3 is 2.26 bits per heavy atom. The van der Waals surface area contributed by atoms with Gasteiger partial charge in [0.05, 0.1) is 23.9 Å². The van der Waals surface area contributed by atoms with Gasteiger partial charge in [0.15, 0.2) is 5.69 Å². The zero-order valence-corrected chi connectivity index (χ0v) is 31.3. The summed E-state index contributed by atoms with van der Waals surface area (Å²) in [5.41, 5.74) is 5.42. The number of amides is 3. The predicted molar refractivity (Wildman–Crippen MR) is 210 cm³/mol. The molecule has 0 spiro atoms. The van der Waals surface area contributed by atoms with Gasteiger partial charge in [0.2, 0.25) is 0 Å². The summed E-state index contributed by atoms with van der Waals surface area (Å²) in [6.07, 6.45) is 4.25. The van der Waals surface area contributed by atoms with Crippen molar-refractivity contribution in [1.82, 2.24) is 19.6 Å². The molecule has 3 amide bonds. The SMILES string of the molecule is CCCCN(CCCC)C(=O)c1cc(C)n(-c2ccc(NC(=O)c3ccccc3COc3ccccc3)cc2C(=O)N2Cc3ccccc3C[C@H]2CO)n1. The van der Waals surface area contributed by atoms with Gasteiger partial charge in [-0.15, -0.1) is 0 Å². The lowest BCUT2D eigenvalue weighted by Crippen LogP contribution is -2.46. The van der Waals surface area contributed by atoms with E-state index in [1.807, 2.05) is 78.6 Å². The van der Waals surface area contributed by atoms with Crippen LogP contribution in [0.25, 0.3) is 5.69 Å². The Labute approximate surface area is 317 Å². The van der Waals surface area contributed by atoms with Crippen molar-refractivity contribution in [3.63, 3.8) is 0 Å². The third-order valence-corrected chi connectivity index (χ3v) is 9.90. The molecular weight excluding hydrogens is 679 g/mol. The van der Waals surface area contributed by atoms with Gasteiger partial charge in [-0.1, -0.05) is 87.4 Å². The summed E-state index contributed by atoms with van der Waals surface area (Å²) in [5.74, 6) is -0.114. The first-order valence-electron chi connectivity index (χ1n) is 18.9. The third-order valence-electron chi connectivity index (χ3n) is 9.90. The number of aliphatic hydroxyl groups excluding tert-OH is 1. The molecule has 10 nitrogen and oxygen atoms in total. The fourth-order valence-corrected chi connectivity index (χ4v) is 6.85. The molecule has 0 bridgehead atoms. The van der Waals surface area contributed by atoms with E-state index >= 15 is 0 Å². The molecule has 1 aliphatic heterocycles. The number of rotatable bonds is 15. The Bertz CT molecular complexity index is 2070. The lowest BCUT2D eigenvalue weighted by atomic mass is 9.93. The Hall–Kier alpha value is -5.74. The average Bonchev–Trinajstić information content (AvgIpc) is 3.60. The van der Waals surface area contributed by atoms with Crippen LogP contribution >= 0.6 is 0 Å². The summed E-state index contributed by atoms with van der Waals surface area (Å²) in [5, 5.41) is 18.3. The van der Waals surface area contributed by atoms with E-state index in [9.17, 15) is 19.5 Å². The number of nitrogens with zero attached hydrogens (tertiary/aromatic N) is 4. The van der Waals surface area contributed by atoms with Crippen molar-refractivity contribution in [3.8, 4) is 11.4 Å². The number of carbonyl (C=O) groups is 3. The molecule has 0 fully saturated rings. The minimum Gasteiger partial charge on any atom is -0.489 e. The lowest BCUT2D eigenvalue weighted by molar-refractivity contribution is 0.0544. The van der Waals surface area contributed by atoms with Crippen molar-refractivity contribution in [2.75, 3.05) is 25.0 Å². The number of benzene rings is 4. The molecule has 2 heterocycles. The summed E-state index contributed by atoms with van der Waals surface area (Å²) in [7, 11) is 0. The van der Waals surface area contributed by atoms with Crippen LogP contribution in [0.5, 0.6) is 5.75 Å². The Kier molecular flexibility index (Phi) is 12.6. The molecule has 0 unspecified atom stereocenters. The van der Waals surface area contributed by atoms with Gasteiger partial charge in [-0.25, -0.2) is 4.68 Å².